The van der Waals surface area contributed by atoms with E-state index in [1.807, 2.05) is 30.3 Å². The number of nitrogen functional groups attached to an aromatic ring is 2. The Labute approximate surface area is 106 Å². The molecule has 0 radical (unpaired) electrons. The van der Waals surface area contributed by atoms with Gasteiger partial charge in [-0.3, -0.25) is 4.79 Å². The van der Waals surface area contributed by atoms with Crippen LogP contribution >= 0.6 is 0 Å². The Hall–Kier alpha value is -2.55. The van der Waals surface area contributed by atoms with Crippen molar-refractivity contribution in [3.05, 3.63) is 65.7 Å². The molecule has 18 heavy (non-hydrogen) atoms. The molecule has 0 bridgehead atoms. The number of ketones is 1. The summed E-state index contributed by atoms with van der Waals surface area (Å²) in [6.45, 7) is 0. The van der Waals surface area contributed by atoms with Crippen LogP contribution in [0.5, 0.6) is 0 Å². The van der Waals surface area contributed by atoms with Crippen LogP contribution in [0.1, 0.15) is 15.9 Å². The molecule has 0 aliphatic carbocycles. The summed E-state index contributed by atoms with van der Waals surface area (Å²) in [6, 6.07) is 14.6. The molecular weight excluding hydrogens is 224 g/mol. The molecule has 0 saturated heterocycles. The van der Waals surface area contributed by atoms with E-state index in [2.05, 4.69) is 0 Å². The fourth-order valence-electron chi connectivity index (χ4n) is 1.69. The zero-order chi connectivity index (χ0) is 13.0. The molecule has 0 aliphatic rings. The van der Waals surface area contributed by atoms with Crippen molar-refractivity contribution in [2.45, 2.75) is 0 Å². The number of benzene rings is 2. The summed E-state index contributed by atoms with van der Waals surface area (Å²) in [6.07, 6.45) is 3.23. The zero-order valence-electron chi connectivity index (χ0n) is 9.84. The normalized spacial score (nSPS) is 10.7. The van der Waals surface area contributed by atoms with Crippen molar-refractivity contribution in [1.82, 2.24) is 0 Å². The fraction of sp³-hybridized carbons (Fsp3) is 0. The molecule has 0 atom stereocenters. The van der Waals surface area contributed by atoms with E-state index in [1.54, 1.807) is 24.3 Å². The Morgan fingerprint density at radius 2 is 1.50 bits per heavy atom. The molecule has 2 aromatic rings. The number of hydrogen-bond acceptors (Lipinski definition) is 3. The molecule has 3 nitrogen and oxygen atoms in total. The summed E-state index contributed by atoms with van der Waals surface area (Å²) in [4.78, 5) is 12.0. The summed E-state index contributed by atoms with van der Waals surface area (Å²) in [5.41, 5.74) is 13.6. The quantitative estimate of drug-likeness (QED) is 0.490. The van der Waals surface area contributed by atoms with Crippen LogP contribution in [0.2, 0.25) is 0 Å². The summed E-state index contributed by atoms with van der Waals surface area (Å²) in [5, 5.41) is 0. The second-order valence-corrected chi connectivity index (χ2v) is 3.92. The highest BCUT2D eigenvalue weighted by atomic mass is 16.1. The van der Waals surface area contributed by atoms with Gasteiger partial charge in [-0.2, -0.15) is 0 Å². The van der Waals surface area contributed by atoms with Crippen molar-refractivity contribution in [3.8, 4) is 0 Å². The average molecular weight is 238 g/mol. The molecule has 0 aliphatic heterocycles. The van der Waals surface area contributed by atoms with E-state index in [4.69, 9.17) is 11.5 Å². The second kappa shape index (κ2) is 5.19. The lowest BCUT2D eigenvalue weighted by atomic mass is 10.1. The van der Waals surface area contributed by atoms with Crippen LogP contribution in [0.15, 0.2) is 54.6 Å². The van der Waals surface area contributed by atoms with Gasteiger partial charge in [0.2, 0.25) is 0 Å². The van der Waals surface area contributed by atoms with Gasteiger partial charge < -0.3 is 11.5 Å². The predicted molar refractivity (Wildman–Crippen MR) is 75.1 cm³/mol. The van der Waals surface area contributed by atoms with Crippen molar-refractivity contribution in [2.24, 2.45) is 0 Å². The van der Waals surface area contributed by atoms with Crippen LogP contribution in [0.4, 0.5) is 11.4 Å². The molecule has 2 aromatic carbocycles. The van der Waals surface area contributed by atoms with Gasteiger partial charge in [-0.15, -0.1) is 0 Å². The van der Waals surface area contributed by atoms with Gasteiger partial charge in [-0.25, -0.2) is 0 Å². The fourth-order valence-corrected chi connectivity index (χ4v) is 1.69. The minimum Gasteiger partial charge on any atom is -0.398 e. The predicted octanol–water partition coefficient (Wildman–Crippen LogP) is 2.75. The Balaban J connectivity index is 2.26. The first-order chi connectivity index (χ1) is 8.68. The first kappa shape index (κ1) is 11.9. The topological polar surface area (TPSA) is 69.1 Å². The van der Waals surface area contributed by atoms with Gasteiger partial charge >= 0.3 is 0 Å². The molecule has 0 saturated carbocycles. The highest BCUT2D eigenvalue weighted by Crippen LogP contribution is 2.20. The maximum absolute atomic E-state index is 12.0. The molecule has 90 valence electrons. The SMILES string of the molecule is Nc1cccc(N)c1C(=O)C=Cc1ccccc1. The molecule has 0 fully saturated rings. The minimum atomic E-state index is -0.186. The van der Waals surface area contributed by atoms with Crippen LogP contribution in [0.3, 0.4) is 0 Å². The van der Waals surface area contributed by atoms with Gasteiger partial charge in [-0.1, -0.05) is 42.5 Å². The Bertz CT molecular complexity index is 568. The van der Waals surface area contributed by atoms with Gasteiger partial charge in [0.1, 0.15) is 0 Å². The maximum Gasteiger partial charge on any atom is 0.190 e. The molecule has 0 aromatic heterocycles. The Morgan fingerprint density at radius 1 is 0.889 bits per heavy atom. The van der Waals surface area contributed by atoms with E-state index in [-0.39, 0.29) is 5.78 Å². The van der Waals surface area contributed by atoms with Gasteiger partial charge in [-0.05, 0) is 23.8 Å². The maximum atomic E-state index is 12.0. The molecule has 0 spiro atoms. The van der Waals surface area contributed by atoms with Crippen molar-refractivity contribution in [1.29, 1.82) is 0 Å². The highest BCUT2D eigenvalue weighted by Gasteiger charge is 2.09. The molecular formula is C15H14N2O. The number of carbonyl (C=O) groups excluding carboxylic acids is 1. The average Bonchev–Trinajstić information content (AvgIpc) is 2.37. The molecule has 3 heteroatoms. The zero-order valence-corrected chi connectivity index (χ0v) is 9.84. The lowest BCUT2D eigenvalue weighted by Crippen LogP contribution is -2.05. The summed E-state index contributed by atoms with van der Waals surface area (Å²) in [5.74, 6) is -0.186. The Morgan fingerprint density at radius 3 is 2.11 bits per heavy atom. The van der Waals surface area contributed by atoms with Gasteiger partial charge in [0, 0.05) is 11.4 Å². The standard InChI is InChI=1S/C15H14N2O/c16-12-7-4-8-13(17)15(12)14(18)10-9-11-5-2-1-3-6-11/h1-10H,16-17H2. The van der Waals surface area contributed by atoms with Gasteiger partial charge in [0.05, 0.1) is 5.56 Å². The van der Waals surface area contributed by atoms with Crippen LogP contribution in [0, 0.1) is 0 Å². The molecule has 0 amide bonds. The van der Waals surface area contributed by atoms with Crippen molar-refractivity contribution < 1.29 is 4.79 Å². The molecule has 4 N–H and O–H groups in total. The number of rotatable bonds is 3. The summed E-state index contributed by atoms with van der Waals surface area (Å²) < 4.78 is 0. The third kappa shape index (κ3) is 2.58. The van der Waals surface area contributed by atoms with E-state index in [0.717, 1.165) is 5.56 Å². The smallest absolute Gasteiger partial charge is 0.190 e. The van der Waals surface area contributed by atoms with E-state index >= 15 is 0 Å². The largest absolute Gasteiger partial charge is 0.398 e. The van der Waals surface area contributed by atoms with Crippen LogP contribution in [-0.4, -0.2) is 5.78 Å². The highest BCUT2D eigenvalue weighted by molar-refractivity contribution is 6.13. The third-order valence-electron chi connectivity index (χ3n) is 2.60. The van der Waals surface area contributed by atoms with E-state index < -0.39 is 0 Å². The first-order valence-electron chi connectivity index (χ1n) is 5.60. The van der Waals surface area contributed by atoms with Crippen LogP contribution in [-0.2, 0) is 0 Å². The number of nitrogens with two attached hydrogens (primary N) is 2. The third-order valence-corrected chi connectivity index (χ3v) is 2.60. The van der Waals surface area contributed by atoms with Gasteiger partial charge in [0.15, 0.2) is 5.78 Å². The number of anilines is 2. The summed E-state index contributed by atoms with van der Waals surface area (Å²) >= 11 is 0. The van der Waals surface area contributed by atoms with E-state index in [9.17, 15) is 4.79 Å². The molecule has 2 rings (SSSR count). The van der Waals surface area contributed by atoms with Crippen molar-refractivity contribution >= 4 is 23.2 Å². The van der Waals surface area contributed by atoms with E-state index in [0.29, 0.717) is 16.9 Å². The van der Waals surface area contributed by atoms with Crippen molar-refractivity contribution in [2.75, 3.05) is 11.5 Å². The van der Waals surface area contributed by atoms with Crippen molar-refractivity contribution in [3.63, 3.8) is 0 Å². The second-order valence-electron chi connectivity index (χ2n) is 3.92. The number of carbonyl (C=O) groups is 1. The first-order valence-corrected chi connectivity index (χ1v) is 5.60. The molecule has 0 unspecified atom stereocenters. The number of hydrogen-bond donors (Lipinski definition) is 2. The van der Waals surface area contributed by atoms with E-state index in [1.165, 1.54) is 6.08 Å². The van der Waals surface area contributed by atoms with Gasteiger partial charge in [0.25, 0.3) is 0 Å². The lowest BCUT2D eigenvalue weighted by molar-refractivity contribution is 0.104. The summed E-state index contributed by atoms with van der Waals surface area (Å²) in [7, 11) is 0. The number of allylic oxidation sites excluding steroid dienone is 1. The Kier molecular flexibility index (Phi) is 3.44. The minimum absolute atomic E-state index is 0.186. The van der Waals surface area contributed by atoms with Crippen LogP contribution < -0.4 is 11.5 Å². The monoisotopic (exact) mass is 238 g/mol. The lowest BCUT2D eigenvalue weighted by Gasteiger charge is -2.04. The molecule has 0 heterocycles. The van der Waals surface area contributed by atoms with Crippen LogP contribution in [0.25, 0.3) is 6.08 Å².